The van der Waals surface area contributed by atoms with Crippen LogP contribution < -0.4 is 4.72 Å². The molecule has 0 atom stereocenters. The topological polar surface area (TPSA) is 91.9 Å². The number of imidazole rings is 1. The molecule has 0 aliphatic carbocycles. The van der Waals surface area contributed by atoms with E-state index in [9.17, 15) is 26.4 Å². The van der Waals surface area contributed by atoms with E-state index in [-0.39, 0.29) is 11.5 Å². The van der Waals surface area contributed by atoms with Crippen LogP contribution in [-0.4, -0.2) is 29.7 Å². The number of ketones is 1. The Hall–Kier alpha value is -3.92. The number of benzene rings is 3. The van der Waals surface area contributed by atoms with E-state index in [1.54, 1.807) is 18.2 Å². The maximum absolute atomic E-state index is 12.5. The van der Waals surface area contributed by atoms with Crippen LogP contribution in [0.3, 0.4) is 0 Å². The van der Waals surface area contributed by atoms with Crippen molar-refractivity contribution >= 4 is 44.7 Å². The van der Waals surface area contributed by atoms with E-state index in [0.717, 1.165) is 22.2 Å². The molecule has 0 radical (unpaired) electrons. The average Bonchev–Trinajstić information content (AvgIpc) is 3.20. The predicted octanol–water partition coefficient (Wildman–Crippen LogP) is 5.86. The molecule has 174 valence electrons. The summed E-state index contributed by atoms with van der Waals surface area (Å²) in [6.07, 6.45) is 3.38. The van der Waals surface area contributed by atoms with E-state index in [1.165, 1.54) is 35.9 Å². The smallest absolute Gasteiger partial charge is 0.338 e. The zero-order valence-corrected chi connectivity index (χ0v) is 18.5. The quantitative estimate of drug-likeness (QED) is 0.335. The molecular weight excluding hydrogens is 467 g/mol. The minimum absolute atomic E-state index is 0.0267. The molecule has 0 fully saturated rings. The summed E-state index contributed by atoms with van der Waals surface area (Å²) in [5.74, 6) is 0.523. The van der Waals surface area contributed by atoms with E-state index in [1.807, 2.05) is 36.4 Å². The van der Waals surface area contributed by atoms with Crippen molar-refractivity contribution in [1.82, 2.24) is 9.97 Å². The summed E-state index contributed by atoms with van der Waals surface area (Å²) in [4.78, 5) is 19.6. The molecule has 0 aliphatic rings. The summed E-state index contributed by atoms with van der Waals surface area (Å²) >= 11 is 0. The van der Waals surface area contributed by atoms with Gasteiger partial charge < -0.3 is 4.98 Å². The van der Waals surface area contributed by atoms with Gasteiger partial charge in [-0.3, -0.25) is 9.52 Å². The highest BCUT2D eigenvalue weighted by atomic mass is 32.2. The molecule has 1 heterocycles. The number of sulfonamides is 1. The van der Waals surface area contributed by atoms with Crippen LogP contribution in [0.4, 0.5) is 18.9 Å². The van der Waals surface area contributed by atoms with Crippen molar-refractivity contribution in [3.05, 3.63) is 83.7 Å². The maximum atomic E-state index is 12.5. The lowest BCUT2D eigenvalue weighted by molar-refractivity contribution is -0.0429. The first-order valence-corrected chi connectivity index (χ1v) is 11.5. The molecule has 6 nitrogen and oxygen atoms in total. The number of carbonyl (C=O) groups is 1. The number of H-pyrrole nitrogens is 1. The SMILES string of the molecule is CC(=O)c1ccccc1-c1ccc2nc(/C=C/c3ccc(NS(=O)(=O)C(F)(F)F)cc3)[nH]c2c1. The number of alkyl halides is 3. The van der Waals surface area contributed by atoms with E-state index in [2.05, 4.69) is 9.97 Å². The molecule has 3 aromatic carbocycles. The van der Waals surface area contributed by atoms with Crippen LogP contribution in [0.5, 0.6) is 0 Å². The molecule has 0 saturated carbocycles. The van der Waals surface area contributed by atoms with Gasteiger partial charge >= 0.3 is 15.5 Å². The van der Waals surface area contributed by atoms with Crippen molar-refractivity contribution < 1.29 is 26.4 Å². The van der Waals surface area contributed by atoms with Gasteiger partial charge in [0.25, 0.3) is 0 Å². The number of carbonyl (C=O) groups excluding carboxylic acids is 1. The summed E-state index contributed by atoms with van der Waals surface area (Å²) in [6, 6.07) is 18.4. The van der Waals surface area contributed by atoms with Crippen LogP contribution in [0.15, 0.2) is 66.7 Å². The van der Waals surface area contributed by atoms with E-state index in [4.69, 9.17) is 0 Å². The number of halogens is 3. The van der Waals surface area contributed by atoms with Gasteiger partial charge in [-0.05, 0) is 54.0 Å². The summed E-state index contributed by atoms with van der Waals surface area (Å²) < 4.78 is 61.3. The molecule has 4 rings (SSSR count). The fourth-order valence-electron chi connectivity index (χ4n) is 3.37. The van der Waals surface area contributed by atoms with E-state index >= 15 is 0 Å². The molecule has 0 spiro atoms. The maximum Gasteiger partial charge on any atom is 0.516 e. The molecule has 0 bridgehead atoms. The van der Waals surface area contributed by atoms with Crippen molar-refractivity contribution in [2.24, 2.45) is 0 Å². The molecule has 0 aliphatic heterocycles. The Morgan fingerprint density at radius 2 is 1.71 bits per heavy atom. The van der Waals surface area contributed by atoms with Crippen molar-refractivity contribution in [1.29, 1.82) is 0 Å². The van der Waals surface area contributed by atoms with Gasteiger partial charge in [0.15, 0.2) is 5.78 Å². The van der Waals surface area contributed by atoms with Crippen LogP contribution in [0, 0.1) is 0 Å². The van der Waals surface area contributed by atoms with Crippen LogP contribution >= 0.6 is 0 Å². The zero-order chi connectivity index (χ0) is 24.5. The second-order valence-electron chi connectivity index (χ2n) is 7.46. The Morgan fingerprint density at radius 3 is 2.38 bits per heavy atom. The third-order valence-corrected chi connectivity index (χ3v) is 6.13. The number of rotatable bonds is 6. The van der Waals surface area contributed by atoms with Gasteiger partial charge in [-0.15, -0.1) is 0 Å². The predicted molar refractivity (Wildman–Crippen MR) is 126 cm³/mol. The Morgan fingerprint density at radius 1 is 1.00 bits per heavy atom. The largest absolute Gasteiger partial charge is 0.516 e. The average molecular weight is 485 g/mol. The molecule has 10 heteroatoms. The zero-order valence-electron chi connectivity index (χ0n) is 17.7. The van der Waals surface area contributed by atoms with Gasteiger partial charge in [0, 0.05) is 11.3 Å². The van der Waals surface area contributed by atoms with E-state index in [0.29, 0.717) is 17.0 Å². The highest BCUT2D eigenvalue weighted by Gasteiger charge is 2.45. The number of anilines is 1. The molecule has 34 heavy (non-hydrogen) atoms. The second kappa shape index (κ2) is 8.79. The molecule has 0 unspecified atom stereocenters. The molecule has 4 aromatic rings. The lowest BCUT2D eigenvalue weighted by Crippen LogP contribution is -2.29. The van der Waals surface area contributed by atoms with Gasteiger partial charge in [-0.2, -0.15) is 21.6 Å². The summed E-state index contributed by atoms with van der Waals surface area (Å²) in [5.41, 5.74) is -1.14. The van der Waals surface area contributed by atoms with E-state index < -0.39 is 15.5 Å². The van der Waals surface area contributed by atoms with Crippen molar-refractivity contribution in [3.63, 3.8) is 0 Å². The minimum Gasteiger partial charge on any atom is -0.338 e. The molecule has 1 aromatic heterocycles. The van der Waals surface area contributed by atoms with Crippen LogP contribution in [0.1, 0.15) is 28.7 Å². The van der Waals surface area contributed by atoms with Crippen molar-refractivity contribution in [3.8, 4) is 11.1 Å². The number of aromatic amines is 1. The molecule has 0 saturated heterocycles. The Kier molecular flexibility index (Phi) is 6.01. The molecule has 0 amide bonds. The number of nitrogens with one attached hydrogen (secondary N) is 2. The summed E-state index contributed by atoms with van der Waals surface area (Å²) in [5, 5.41) is 0. The van der Waals surface area contributed by atoms with Gasteiger partial charge in [0.05, 0.1) is 11.0 Å². The number of aromatic nitrogens is 2. The fourth-order valence-corrected chi connectivity index (χ4v) is 3.93. The number of hydrogen-bond donors (Lipinski definition) is 2. The van der Waals surface area contributed by atoms with Gasteiger partial charge in [-0.1, -0.05) is 48.5 Å². The number of nitrogens with zero attached hydrogens (tertiary/aromatic N) is 1. The number of hydrogen-bond acceptors (Lipinski definition) is 4. The van der Waals surface area contributed by atoms with Crippen LogP contribution in [0.25, 0.3) is 34.3 Å². The third-order valence-electron chi connectivity index (χ3n) is 5.02. The first-order chi connectivity index (χ1) is 16.0. The summed E-state index contributed by atoms with van der Waals surface area (Å²) in [7, 11) is -5.47. The highest BCUT2D eigenvalue weighted by Crippen LogP contribution is 2.28. The monoisotopic (exact) mass is 485 g/mol. The lowest BCUT2D eigenvalue weighted by Gasteiger charge is -2.10. The van der Waals surface area contributed by atoms with Crippen molar-refractivity contribution in [2.75, 3.05) is 4.72 Å². The first kappa shape index (κ1) is 23.2. The summed E-state index contributed by atoms with van der Waals surface area (Å²) in [6.45, 7) is 1.52. The third kappa shape index (κ3) is 4.86. The minimum atomic E-state index is -5.47. The molecule has 2 N–H and O–H groups in total. The second-order valence-corrected chi connectivity index (χ2v) is 9.14. The Bertz CT molecular complexity index is 1510. The molecular formula is C24H18F3N3O3S. The van der Waals surface area contributed by atoms with Gasteiger partial charge in [0.1, 0.15) is 5.82 Å². The normalized spacial score (nSPS) is 12.4. The first-order valence-electron chi connectivity index (χ1n) is 10.0. The Balaban J connectivity index is 1.54. The number of Topliss-reactive ketones (excluding diaryl/α,β-unsaturated/α-hetero) is 1. The fraction of sp³-hybridized carbons (Fsp3) is 0.0833. The standard InChI is InChI=1S/C24H18F3N3O3S/c1-15(31)19-4-2-3-5-20(19)17-9-12-21-22(14-17)29-23(28-21)13-8-16-6-10-18(11-7-16)30-34(32,33)24(25,26)27/h2-14,30H,1H3,(H,28,29)/b13-8+. The number of fused-ring (bicyclic) bond motifs is 1. The van der Waals surface area contributed by atoms with Gasteiger partial charge in [-0.25, -0.2) is 4.98 Å². The van der Waals surface area contributed by atoms with Gasteiger partial charge in [0.2, 0.25) is 0 Å². The Labute approximate surface area is 193 Å². The lowest BCUT2D eigenvalue weighted by atomic mass is 9.97. The van der Waals surface area contributed by atoms with Crippen LogP contribution in [-0.2, 0) is 10.0 Å². The van der Waals surface area contributed by atoms with Crippen molar-refractivity contribution in [2.45, 2.75) is 12.4 Å². The highest BCUT2D eigenvalue weighted by molar-refractivity contribution is 7.93. The van der Waals surface area contributed by atoms with Crippen LogP contribution in [0.2, 0.25) is 0 Å².